The van der Waals surface area contributed by atoms with Gasteiger partial charge in [-0.15, -0.1) is 0 Å². The van der Waals surface area contributed by atoms with Gasteiger partial charge in [0.15, 0.2) is 5.78 Å². The SMILES string of the molecule is CC(=O)c1ccccc1Nc1cnc(C)nc1C. The van der Waals surface area contributed by atoms with E-state index in [4.69, 9.17) is 0 Å². The normalized spacial score (nSPS) is 10.2. The van der Waals surface area contributed by atoms with Crippen molar-refractivity contribution in [1.82, 2.24) is 9.97 Å². The first-order valence-corrected chi connectivity index (χ1v) is 5.75. The summed E-state index contributed by atoms with van der Waals surface area (Å²) < 4.78 is 0. The molecule has 4 nitrogen and oxygen atoms in total. The van der Waals surface area contributed by atoms with E-state index in [0.29, 0.717) is 5.56 Å². The Hall–Kier alpha value is -2.23. The van der Waals surface area contributed by atoms with Gasteiger partial charge in [0.05, 0.1) is 17.6 Å². The smallest absolute Gasteiger partial charge is 0.161 e. The van der Waals surface area contributed by atoms with E-state index in [1.54, 1.807) is 19.2 Å². The Morgan fingerprint density at radius 1 is 1.17 bits per heavy atom. The molecular formula is C14H15N3O. The number of nitrogens with one attached hydrogen (secondary N) is 1. The average molecular weight is 241 g/mol. The number of hydrogen-bond donors (Lipinski definition) is 1. The molecule has 1 aromatic heterocycles. The summed E-state index contributed by atoms with van der Waals surface area (Å²) in [6.07, 6.45) is 1.73. The molecule has 0 unspecified atom stereocenters. The van der Waals surface area contributed by atoms with Crippen molar-refractivity contribution >= 4 is 17.2 Å². The molecular weight excluding hydrogens is 226 g/mol. The van der Waals surface area contributed by atoms with Gasteiger partial charge in [0, 0.05) is 11.3 Å². The van der Waals surface area contributed by atoms with Crippen LogP contribution < -0.4 is 5.32 Å². The van der Waals surface area contributed by atoms with E-state index in [-0.39, 0.29) is 5.78 Å². The predicted octanol–water partition coefficient (Wildman–Crippen LogP) is 3.04. The Bertz CT molecular complexity index is 593. The fourth-order valence-electron chi connectivity index (χ4n) is 1.75. The van der Waals surface area contributed by atoms with E-state index < -0.39 is 0 Å². The first-order chi connectivity index (χ1) is 8.58. The second-order valence-electron chi connectivity index (χ2n) is 4.14. The largest absolute Gasteiger partial charge is 0.352 e. The fourth-order valence-corrected chi connectivity index (χ4v) is 1.75. The van der Waals surface area contributed by atoms with Crippen molar-refractivity contribution in [3.05, 3.63) is 47.5 Å². The minimum absolute atomic E-state index is 0.0313. The van der Waals surface area contributed by atoms with Gasteiger partial charge < -0.3 is 5.32 Å². The number of aryl methyl sites for hydroxylation is 2. The summed E-state index contributed by atoms with van der Waals surface area (Å²) in [6.45, 7) is 5.31. The molecule has 4 heteroatoms. The second kappa shape index (κ2) is 4.96. The van der Waals surface area contributed by atoms with Gasteiger partial charge >= 0.3 is 0 Å². The van der Waals surface area contributed by atoms with Crippen molar-refractivity contribution in [3.63, 3.8) is 0 Å². The summed E-state index contributed by atoms with van der Waals surface area (Å²) >= 11 is 0. The monoisotopic (exact) mass is 241 g/mol. The highest BCUT2D eigenvalue weighted by Gasteiger charge is 2.08. The lowest BCUT2D eigenvalue weighted by Crippen LogP contribution is -2.03. The van der Waals surface area contributed by atoms with Gasteiger partial charge in [0.2, 0.25) is 0 Å². The van der Waals surface area contributed by atoms with Crippen LogP contribution in [0.2, 0.25) is 0 Å². The summed E-state index contributed by atoms with van der Waals surface area (Å²) in [5.74, 6) is 0.765. The topological polar surface area (TPSA) is 54.9 Å². The lowest BCUT2D eigenvalue weighted by atomic mass is 10.1. The third-order valence-corrected chi connectivity index (χ3v) is 2.68. The summed E-state index contributed by atoms with van der Waals surface area (Å²) in [7, 11) is 0. The molecule has 0 spiro atoms. The van der Waals surface area contributed by atoms with Gasteiger partial charge in [0.1, 0.15) is 5.82 Å². The van der Waals surface area contributed by atoms with E-state index in [1.807, 2.05) is 32.0 Å². The van der Waals surface area contributed by atoms with Crippen molar-refractivity contribution in [2.24, 2.45) is 0 Å². The summed E-state index contributed by atoms with van der Waals surface area (Å²) in [5, 5.41) is 3.20. The molecule has 0 aliphatic rings. The van der Waals surface area contributed by atoms with Crippen LogP contribution in [0.4, 0.5) is 11.4 Å². The number of ketones is 1. The minimum Gasteiger partial charge on any atom is -0.352 e. The van der Waals surface area contributed by atoms with Crippen LogP contribution in [-0.2, 0) is 0 Å². The van der Waals surface area contributed by atoms with Crippen LogP contribution in [-0.4, -0.2) is 15.8 Å². The molecule has 1 aromatic carbocycles. The molecule has 0 fully saturated rings. The summed E-state index contributed by atoms with van der Waals surface area (Å²) in [5.41, 5.74) is 3.12. The number of benzene rings is 1. The highest BCUT2D eigenvalue weighted by molar-refractivity contribution is 6.00. The third-order valence-electron chi connectivity index (χ3n) is 2.68. The van der Waals surface area contributed by atoms with Crippen molar-refractivity contribution in [1.29, 1.82) is 0 Å². The molecule has 1 N–H and O–H groups in total. The molecule has 0 radical (unpaired) electrons. The average Bonchev–Trinajstić information content (AvgIpc) is 2.33. The van der Waals surface area contributed by atoms with Crippen molar-refractivity contribution < 1.29 is 4.79 Å². The molecule has 1 heterocycles. The lowest BCUT2D eigenvalue weighted by Gasteiger charge is -2.11. The minimum atomic E-state index is 0.0313. The van der Waals surface area contributed by atoms with Crippen LogP contribution in [0.5, 0.6) is 0 Å². The molecule has 0 saturated heterocycles. The maximum atomic E-state index is 11.5. The van der Waals surface area contributed by atoms with Gasteiger partial charge in [-0.1, -0.05) is 12.1 Å². The number of carbonyl (C=O) groups excluding carboxylic acids is 1. The summed E-state index contributed by atoms with van der Waals surface area (Å²) in [6, 6.07) is 7.41. The van der Waals surface area contributed by atoms with Crippen LogP contribution in [0, 0.1) is 13.8 Å². The van der Waals surface area contributed by atoms with Crippen LogP contribution in [0.15, 0.2) is 30.5 Å². The molecule has 0 saturated carbocycles. The van der Waals surface area contributed by atoms with E-state index in [1.165, 1.54) is 0 Å². The van der Waals surface area contributed by atoms with Crippen molar-refractivity contribution in [2.45, 2.75) is 20.8 Å². The zero-order valence-electron chi connectivity index (χ0n) is 10.7. The maximum Gasteiger partial charge on any atom is 0.161 e. The quantitative estimate of drug-likeness (QED) is 0.839. The van der Waals surface area contributed by atoms with Crippen molar-refractivity contribution in [3.8, 4) is 0 Å². The van der Waals surface area contributed by atoms with Crippen LogP contribution >= 0.6 is 0 Å². The number of carbonyl (C=O) groups is 1. The number of para-hydroxylation sites is 1. The molecule has 2 rings (SSSR count). The second-order valence-corrected chi connectivity index (χ2v) is 4.14. The van der Waals surface area contributed by atoms with E-state index in [0.717, 1.165) is 22.9 Å². The third kappa shape index (κ3) is 2.53. The summed E-state index contributed by atoms with van der Waals surface area (Å²) in [4.78, 5) is 20.0. The predicted molar refractivity (Wildman–Crippen MR) is 71.2 cm³/mol. The van der Waals surface area contributed by atoms with Gasteiger partial charge in [0.25, 0.3) is 0 Å². The Labute approximate surface area is 106 Å². The number of aromatic nitrogens is 2. The first-order valence-electron chi connectivity index (χ1n) is 5.75. The van der Waals surface area contributed by atoms with E-state index in [2.05, 4.69) is 15.3 Å². The molecule has 2 aromatic rings. The Morgan fingerprint density at radius 3 is 2.56 bits per heavy atom. The number of nitrogens with zero attached hydrogens (tertiary/aromatic N) is 2. The van der Waals surface area contributed by atoms with E-state index >= 15 is 0 Å². The van der Waals surface area contributed by atoms with Crippen molar-refractivity contribution in [2.75, 3.05) is 5.32 Å². The lowest BCUT2D eigenvalue weighted by molar-refractivity contribution is 0.101. The van der Waals surface area contributed by atoms with Gasteiger partial charge in [-0.3, -0.25) is 4.79 Å². The van der Waals surface area contributed by atoms with Gasteiger partial charge in [-0.2, -0.15) is 0 Å². The maximum absolute atomic E-state index is 11.5. The van der Waals surface area contributed by atoms with Crippen LogP contribution in [0.3, 0.4) is 0 Å². The van der Waals surface area contributed by atoms with Gasteiger partial charge in [-0.05, 0) is 32.9 Å². The molecule has 0 bridgehead atoms. The van der Waals surface area contributed by atoms with Crippen LogP contribution in [0.25, 0.3) is 0 Å². The zero-order valence-corrected chi connectivity index (χ0v) is 10.7. The van der Waals surface area contributed by atoms with Crippen LogP contribution in [0.1, 0.15) is 28.8 Å². The number of hydrogen-bond acceptors (Lipinski definition) is 4. The van der Waals surface area contributed by atoms with Gasteiger partial charge in [-0.25, -0.2) is 9.97 Å². The first kappa shape index (κ1) is 12.2. The zero-order chi connectivity index (χ0) is 13.1. The number of Topliss-reactive ketones (excluding diaryl/α,β-unsaturated/α-hetero) is 1. The highest BCUT2D eigenvalue weighted by atomic mass is 16.1. The molecule has 0 aliphatic carbocycles. The fraction of sp³-hybridized carbons (Fsp3) is 0.214. The Balaban J connectivity index is 2.37. The molecule has 92 valence electrons. The highest BCUT2D eigenvalue weighted by Crippen LogP contribution is 2.22. The molecule has 0 aliphatic heterocycles. The van der Waals surface area contributed by atoms with E-state index in [9.17, 15) is 4.79 Å². The molecule has 18 heavy (non-hydrogen) atoms. The Kier molecular flexibility index (Phi) is 3.37. The molecule has 0 atom stereocenters. The standard InChI is InChI=1S/C14H15N3O/c1-9-14(8-15-11(3)16-9)17-13-7-5-4-6-12(13)10(2)18/h4-8,17H,1-3H3. The number of anilines is 2. The Morgan fingerprint density at radius 2 is 1.89 bits per heavy atom. The molecule has 0 amide bonds. The number of rotatable bonds is 3.